The maximum Gasteiger partial charge on any atom is 0.510 e. The molecule has 0 bridgehead atoms. The molecule has 4 heterocycles. The van der Waals surface area contributed by atoms with E-state index in [2.05, 4.69) is 10.6 Å². The van der Waals surface area contributed by atoms with Gasteiger partial charge in [0.1, 0.15) is 32.2 Å². The lowest BCUT2D eigenvalue weighted by molar-refractivity contribution is -0.160. The molecule has 0 spiro atoms. The Morgan fingerprint density at radius 3 is 2.54 bits per heavy atom. The van der Waals surface area contributed by atoms with Gasteiger partial charge in [-0.15, -0.1) is 0 Å². The number of fused-ring (bicyclic) bond motifs is 5. The Morgan fingerprint density at radius 2 is 1.82 bits per heavy atom. The summed E-state index contributed by atoms with van der Waals surface area (Å²) in [4.78, 5) is 79.3. The number of ether oxygens (including phenoxy) is 4. The number of anilines is 1. The van der Waals surface area contributed by atoms with Crippen LogP contribution in [0.3, 0.4) is 0 Å². The molecule has 0 radical (unpaired) electrons. The molecule has 2 aromatic heterocycles. The van der Waals surface area contributed by atoms with E-state index in [9.17, 15) is 33.0 Å². The SMILES string of the molecule is CC(OC(=O)O[C@@H]1C(=O)OCc2c1cc1n(c2=O)Cc2c-1nc1ccccc1c2CCN(C(C)C)S(C)=O)c1ccc(NC(=O)CNC(=O)COCC=O)cc1. The van der Waals surface area contributed by atoms with Crippen molar-refractivity contribution >= 4 is 57.8 Å². The molecule has 2 aliphatic rings. The molecular formula is C39H41N5O11S. The Hall–Kier alpha value is -5.78. The van der Waals surface area contributed by atoms with E-state index in [1.165, 1.54) is 0 Å². The summed E-state index contributed by atoms with van der Waals surface area (Å²) >= 11 is 0. The summed E-state index contributed by atoms with van der Waals surface area (Å²) < 4.78 is 37.1. The highest BCUT2D eigenvalue weighted by molar-refractivity contribution is 7.81. The van der Waals surface area contributed by atoms with Crippen LogP contribution in [0.1, 0.15) is 60.8 Å². The van der Waals surface area contributed by atoms with Crippen molar-refractivity contribution in [3.05, 3.63) is 92.8 Å². The fourth-order valence-electron chi connectivity index (χ4n) is 6.76. The molecule has 56 heavy (non-hydrogen) atoms. The Bertz CT molecular complexity index is 2270. The number of hydrogen-bond acceptors (Lipinski definition) is 12. The van der Waals surface area contributed by atoms with Gasteiger partial charge in [0.25, 0.3) is 5.56 Å². The number of nitrogens with zero attached hydrogens (tertiary/aromatic N) is 3. The van der Waals surface area contributed by atoms with Crippen molar-refractivity contribution in [2.24, 2.45) is 0 Å². The van der Waals surface area contributed by atoms with Crippen LogP contribution in [-0.4, -0.2) is 86.9 Å². The lowest BCUT2D eigenvalue weighted by Crippen LogP contribution is -2.35. The molecule has 2 amide bonds. The first-order valence-corrected chi connectivity index (χ1v) is 19.4. The summed E-state index contributed by atoms with van der Waals surface area (Å²) in [5, 5.41) is 5.92. The summed E-state index contributed by atoms with van der Waals surface area (Å²) in [6.45, 7) is 5.12. The molecule has 0 saturated carbocycles. The third-order valence-electron chi connectivity index (χ3n) is 9.46. The van der Waals surface area contributed by atoms with Crippen LogP contribution in [0.2, 0.25) is 0 Å². The van der Waals surface area contributed by atoms with E-state index in [1.807, 2.05) is 42.4 Å². The minimum atomic E-state index is -1.57. The van der Waals surface area contributed by atoms with E-state index in [-0.39, 0.29) is 50.1 Å². The molecule has 2 aromatic carbocycles. The zero-order valence-corrected chi connectivity index (χ0v) is 32.0. The highest BCUT2D eigenvalue weighted by Crippen LogP contribution is 2.39. The van der Waals surface area contributed by atoms with Crippen molar-refractivity contribution in [3.63, 3.8) is 0 Å². The fourth-order valence-corrected chi connectivity index (χ4v) is 7.70. The summed E-state index contributed by atoms with van der Waals surface area (Å²) in [6, 6.07) is 15.7. The summed E-state index contributed by atoms with van der Waals surface area (Å²) in [7, 11) is -1.19. The number of benzene rings is 2. The standard InChI is InChI=1S/C39H41N5O11S/c1-22(2)44(56(4)51)14-13-26-27-7-5-6-8-31(27)42-35-29(26)19-43-32(35)17-28-30(37(43)48)20-53-38(49)36(28)55-39(50)54-23(3)24-9-11-25(12-10-24)41-33(46)18-40-34(47)21-52-16-15-45/h5-12,15,17,22-23,36H,13-14,16,18-21H2,1-4H3,(H,40,47)(H,41,46)/t23?,36-,56?/m0/s1. The van der Waals surface area contributed by atoms with Gasteiger partial charge in [-0.05, 0) is 62.6 Å². The number of amides is 2. The van der Waals surface area contributed by atoms with Crippen LogP contribution in [0, 0.1) is 0 Å². The maximum atomic E-state index is 14.0. The first-order chi connectivity index (χ1) is 26.9. The molecule has 16 nitrogen and oxygen atoms in total. The van der Waals surface area contributed by atoms with Gasteiger partial charge in [-0.25, -0.2) is 23.1 Å². The third-order valence-corrected chi connectivity index (χ3v) is 10.7. The zero-order chi connectivity index (χ0) is 40.1. The number of cyclic esters (lactones) is 1. The van der Waals surface area contributed by atoms with E-state index in [1.54, 1.807) is 48.1 Å². The molecule has 0 aliphatic carbocycles. The molecule has 17 heteroatoms. The molecule has 0 saturated heterocycles. The predicted molar refractivity (Wildman–Crippen MR) is 204 cm³/mol. The molecule has 4 aromatic rings. The van der Waals surface area contributed by atoms with Gasteiger partial charge >= 0.3 is 12.1 Å². The van der Waals surface area contributed by atoms with E-state index < -0.39 is 52.7 Å². The van der Waals surface area contributed by atoms with Crippen LogP contribution in [0.4, 0.5) is 10.5 Å². The van der Waals surface area contributed by atoms with Crippen LogP contribution >= 0.6 is 0 Å². The van der Waals surface area contributed by atoms with Crippen molar-refractivity contribution in [1.29, 1.82) is 0 Å². The van der Waals surface area contributed by atoms with Gasteiger partial charge in [-0.1, -0.05) is 30.3 Å². The lowest BCUT2D eigenvalue weighted by atomic mass is 9.97. The van der Waals surface area contributed by atoms with Gasteiger partial charge in [-0.3, -0.25) is 14.4 Å². The van der Waals surface area contributed by atoms with Crippen molar-refractivity contribution < 1.29 is 47.1 Å². The molecule has 294 valence electrons. The fraction of sp³-hybridized carbons (Fsp3) is 0.359. The maximum absolute atomic E-state index is 14.0. The minimum Gasteiger partial charge on any atom is -0.458 e. The van der Waals surface area contributed by atoms with Crippen molar-refractivity contribution in [3.8, 4) is 11.4 Å². The van der Waals surface area contributed by atoms with E-state index >= 15 is 0 Å². The molecule has 0 fully saturated rings. The van der Waals surface area contributed by atoms with Gasteiger partial charge in [0.2, 0.25) is 17.9 Å². The van der Waals surface area contributed by atoms with Crippen LogP contribution in [0.25, 0.3) is 22.3 Å². The average molecular weight is 788 g/mol. The topological polar surface area (TPSA) is 202 Å². The summed E-state index contributed by atoms with van der Waals surface area (Å²) in [5.74, 6) is -1.92. The van der Waals surface area contributed by atoms with Gasteiger partial charge in [0.05, 0.1) is 46.5 Å². The smallest absolute Gasteiger partial charge is 0.458 e. The summed E-state index contributed by atoms with van der Waals surface area (Å²) in [5.41, 5.74) is 4.51. The number of rotatable bonds is 15. The largest absolute Gasteiger partial charge is 0.510 e. The Morgan fingerprint density at radius 1 is 1.07 bits per heavy atom. The number of carbonyl (C=O) groups excluding carboxylic acids is 5. The molecule has 2 unspecified atom stereocenters. The van der Waals surface area contributed by atoms with E-state index in [0.29, 0.717) is 41.9 Å². The highest BCUT2D eigenvalue weighted by atomic mass is 32.2. The lowest BCUT2D eigenvalue weighted by Gasteiger charge is -2.25. The number of carbonyl (C=O) groups is 5. The number of para-hydroxylation sites is 1. The van der Waals surface area contributed by atoms with Crippen LogP contribution in [-0.2, 0) is 68.7 Å². The van der Waals surface area contributed by atoms with Crippen LogP contribution in [0.5, 0.6) is 0 Å². The molecule has 3 atom stereocenters. The van der Waals surface area contributed by atoms with E-state index in [0.717, 1.165) is 22.0 Å². The van der Waals surface area contributed by atoms with Crippen molar-refractivity contribution in [2.45, 2.75) is 58.6 Å². The minimum absolute atomic E-state index is 0.0504. The van der Waals surface area contributed by atoms with Crippen LogP contribution in [0.15, 0.2) is 59.4 Å². The molecular weight excluding hydrogens is 747 g/mol. The van der Waals surface area contributed by atoms with Gasteiger partial charge in [-0.2, -0.15) is 0 Å². The molecule has 6 rings (SSSR count). The van der Waals surface area contributed by atoms with Gasteiger partial charge in [0, 0.05) is 41.0 Å². The summed E-state index contributed by atoms with van der Waals surface area (Å²) in [6.07, 6.45) is -0.874. The Labute approximate surface area is 324 Å². The van der Waals surface area contributed by atoms with Gasteiger partial charge in [0.15, 0.2) is 0 Å². The first kappa shape index (κ1) is 39.9. The second-order valence-electron chi connectivity index (χ2n) is 13.4. The average Bonchev–Trinajstić information content (AvgIpc) is 3.53. The second kappa shape index (κ2) is 17.3. The Balaban J connectivity index is 1.17. The van der Waals surface area contributed by atoms with Crippen molar-refractivity contribution in [1.82, 2.24) is 19.2 Å². The number of hydrogen-bond donors (Lipinski definition) is 2. The third kappa shape index (κ3) is 8.69. The predicted octanol–water partition coefficient (Wildman–Crippen LogP) is 3.25. The normalized spacial score (nSPS) is 15.3. The monoisotopic (exact) mass is 787 g/mol. The number of nitrogens with one attached hydrogen (secondary N) is 2. The number of esters is 1. The van der Waals surface area contributed by atoms with Crippen molar-refractivity contribution in [2.75, 3.05) is 37.9 Å². The quantitative estimate of drug-likeness (QED) is 0.0893. The number of pyridine rings is 2. The second-order valence-corrected chi connectivity index (χ2v) is 14.8. The van der Waals surface area contributed by atoms with Crippen LogP contribution < -0.4 is 16.2 Å². The first-order valence-electron chi connectivity index (χ1n) is 17.9. The zero-order valence-electron chi connectivity index (χ0n) is 31.2. The number of aldehydes is 1. The van der Waals surface area contributed by atoms with Gasteiger partial charge < -0.3 is 38.9 Å². The Kier molecular flexibility index (Phi) is 12.4. The molecule has 2 aliphatic heterocycles. The number of aromatic nitrogens is 2. The van der Waals surface area contributed by atoms with E-state index in [4.69, 9.17) is 23.9 Å². The highest BCUT2D eigenvalue weighted by Gasteiger charge is 2.39. The molecule has 2 N–H and O–H groups in total.